The second-order valence-electron chi connectivity index (χ2n) is 7.43. The minimum atomic E-state index is -4.28. The number of halogens is 2. The van der Waals surface area contributed by atoms with E-state index in [0.717, 1.165) is 11.6 Å². The van der Waals surface area contributed by atoms with Crippen molar-refractivity contribution in [1.29, 1.82) is 0 Å². The number of benzene rings is 2. The van der Waals surface area contributed by atoms with Crippen molar-refractivity contribution in [1.82, 2.24) is 9.55 Å². The lowest BCUT2D eigenvalue weighted by molar-refractivity contribution is -0.494. The Bertz CT molecular complexity index is 1500. The maximum atomic E-state index is 14.8. The van der Waals surface area contributed by atoms with Crippen molar-refractivity contribution >= 4 is 38.2 Å². The van der Waals surface area contributed by atoms with Crippen LogP contribution in [0.25, 0.3) is 10.9 Å². The topological polar surface area (TPSA) is 107 Å². The Balaban J connectivity index is 1.73. The summed E-state index contributed by atoms with van der Waals surface area (Å²) in [5.41, 5.74) is 1.42. The Morgan fingerprint density at radius 3 is 2.71 bits per heavy atom. The van der Waals surface area contributed by atoms with Crippen molar-refractivity contribution in [2.45, 2.75) is 11.4 Å². The van der Waals surface area contributed by atoms with Crippen LogP contribution in [0.5, 0.6) is 0 Å². The van der Waals surface area contributed by atoms with Crippen LogP contribution >= 0.6 is 0 Å². The average Bonchev–Trinajstić information content (AvgIpc) is 3.14. The molecule has 4 aromatic rings. The minimum absolute atomic E-state index is 0.0529. The van der Waals surface area contributed by atoms with Gasteiger partial charge in [-0.3, -0.25) is 4.79 Å². The van der Waals surface area contributed by atoms with E-state index in [1.54, 1.807) is 43.4 Å². The van der Waals surface area contributed by atoms with Gasteiger partial charge in [0.2, 0.25) is 5.91 Å². The SMILES string of the molecule is C[NH+]=Nc1cccc(Cn2cc(S(=O)(=O)CC(=O)Nc3ccccn3)c3c(F)cc(F)cc32)c1. The summed E-state index contributed by atoms with van der Waals surface area (Å²) in [6.07, 6.45) is 2.67. The molecular weight excluding hydrogens is 464 g/mol. The highest BCUT2D eigenvalue weighted by Gasteiger charge is 2.27. The molecular formula is C23H20F2N5O3S+. The molecule has 2 heterocycles. The molecule has 11 heteroatoms. The van der Waals surface area contributed by atoms with Crippen LogP contribution < -0.4 is 10.4 Å². The maximum Gasteiger partial charge on any atom is 0.241 e. The van der Waals surface area contributed by atoms with Crippen LogP contribution in [0.3, 0.4) is 0 Å². The Morgan fingerprint density at radius 1 is 1.15 bits per heavy atom. The zero-order chi connectivity index (χ0) is 24.3. The van der Waals surface area contributed by atoms with Crippen molar-refractivity contribution in [3.8, 4) is 0 Å². The number of sulfone groups is 1. The number of amides is 1. The monoisotopic (exact) mass is 484 g/mol. The molecule has 0 radical (unpaired) electrons. The first-order valence-corrected chi connectivity index (χ1v) is 11.8. The Morgan fingerprint density at radius 2 is 1.97 bits per heavy atom. The van der Waals surface area contributed by atoms with Crippen LogP contribution in [0, 0.1) is 11.6 Å². The van der Waals surface area contributed by atoms with E-state index in [0.29, 0.717) is 11.8 Å². The van der Waals surface area contributed by atoms with Crippen LogP contribution in [0.2, 0.25) is 0 Å². The van der Waals surface area contributed by atoms with Gasteiger partial charge in [0.05, 0.1) is 15.8 Å². The molecule has 0 fully saturated rings. The molecule has 0 bridgehead atoms. The molecule has 0 unspecified atom stereocenters. The summed E-state index contributed by atoms with van der Waals surface area (Å²) in [6, 6.07) is 13.5. The number of nitrogens with one attached hydrogen (secondary N) is 2. The number of rotatable bonds is 7. The van der Waals surface area contributed by atoms with Gasteiger partial charge < -0.3 is 9.88 Å². The average molecular weight is 485 g/mol. The third kappa shape index (κ3) is 4.99. The molecule has 0 aliphatic heterocycles. The molecule has 0 saturated carbocycles. The lowest BCUT2D eigenvalue weighted by Crippen LogP contribution is -2.58. The molecule has 4 rings (SSSR count). The smallest absolute Gasteiger partial charge is 0.241 e. The number of anilines is 1. The van der Waals surface area contributed by atoms with E-state index in [1.807, 2.05) is 0 Å². The number of azo groups is 1. The molecule has 0 spiro atoms. The summed E-state index contributed by atoms with van der Waals surface area (Å²) in [6.45, 7) is 0.127. The zero-order valence-electron chi connectivity index (χ0n) is 18.0. The molecule has 2 N–H and O–H groups in total. The van der Waals surface area contributed by atoms with Gasteiger partial charge >= 0.3 is 0 Å². The molecule has 0 atom stereocenters. The standard InChI is InChI=1S/C23H19F2N5O3S/c1-26-29-17-6-4-5-15(9-17)12-30-13-20(23-18(25)10-16(24)11-19(23)30)34(32,33)14-22(31)28-21-7-2-3-8-27-21/h2-11,13H,12,14H2,1H3,(H,27,28,31)/p+1. The Labute approximate surface area is 193 Å². The molecule has 1 amide bonds. The van der Waals surface area contributed by atoms with Crippen LogP contribution in [-0.4, -0.2) is 36.7 Å². The third-order valence-corrected chi connectivity index (χ3v) is 6.58. The highest BCUT2D eigenvalue weighted by Crippen LogP contribution is 2.31. The van der Waals surface area contributed by atoms with E-state index < -0.39 is 38.0 Å². The van der Waals surface area contributed by atoms with Gasteiger partial charge in [0.15, 0.2) is 16.9 Å². The number of fused-ring (bicyclic) bond motifs is 1. The van der Waals surface area contributed by atoms with Gasteiger partial charge in [0.25, 0.3) is 0 Å². The largest absolute Gasteiger partial charge is 0.342 e. The van der Waals surface area contributed by atoms with Crippen molar-refractivity contribution in [2.24, 2.45) is 5.11 Å². The van der Waals surface area contributed by atoms with E-state index in [4.69, 9.17) is 0 Å². The highest BCUT2D eigenvalue weighted by molar-refractivity contribution is 7.92. The number of hydrogen-bond acceptors (Lipinski definition) is 5. The van der Waals surface area contributed by atoms with Crippen LogP contribution in [0.4, 0.5) is 20.3 Å². The fourth-order valence-corrected chi connectivity index (χ4v) is 4.96. The number of carbonyl (C=O) groups is 1. The molecule has 0 saturated heterocycles. The lowest BCUT2D eigenvalue weighted by Gasteiger charge is -2.06. The first kappa shape index (κ1) is 23.2. The number of pyridine rings is 1. The number of aromatic nitrogens is 2. The molecule has 0 aliphatic rings. The zero-order valence-corrected chi connectivity index (χ0v) is 18.8. The summed E-state index contributed by atoms with van der Waals surface area (Å²) in [5.74, 6) is -3.46. The van der Waals surface area contributed by atoms with E-state index in [9.17, 15) is 22.0 Å². The van der Waals surface area contributed by atoms with Gasteiger partial charge in [-0.25, -0.2) is 22.2 Å². The number of carbonyl (C=O) groups excluding carboxylic acids is 1. The van der Waals surface area contributed by atoms with Crippen LogP contribution in [0.15, 0.2) is 77.0 Å². The molecule has 2 aromatic heterocycles. The van der Waals surface area contributed by atoms with Gasteiger partial charge in [-0.05, 0) is 41.0 Å². The minimum Gasteiger partial charge on any atom is -0.342 e. The summed E-state index contributed by atoms with van der Waals surface area (Å²) in [7, 11) is -2.63. The van der Waals surface area contributed by atoms with E-state index in [1.165, 1.54) is 23.0 Å². The van der Waals surface area contributed by atoms with Gasteiger partial charge in [0.1, 0.15) is 28.9 Å². The third-order valence-electron chi connectivity index (χ3n) is 4.96. The first-order chi connectivity index (χ1) is 16.3. The molecule has 0 aliphatic carbocycles. The van der Waals surface area contributed by atoms with Gasteiger partial charge in [0, 0.05) is 25.0 Å². The van der Waals surface area contributed by atoms with E-state index >= 15 is 0 Å². The van der Waals surface area contributed by atoms with Crippen molar-refractivity contribution in [2.75, 3.05) is 18.1 Å². The molecule has 8 nitrogen and oxygen atoms in total. The fraction of sp³-hybridized carbons (Fsp3) is 0.130. The van der Waals surface area contributed by atoms with E-state index in [2.05, 4.69) is 20.5 Å². The normalized spacial score (nSPS) is 11.9. The van der Waals surface area contributed by atoms with Crippen LogP contribution in [-0.2, 0) is 21.2 Å². The highest BCUT2D eigenvalue weighted by atomic mass is 32.2. The Kier molecular flexibility index (Phi) is 6.46. The lowest BCUT2D eigenvalue weighted by atomic mass is 10.2. The molecule has 2 aromatic carbocycles. The molecule has 34 heavy (non-hydrogen) atoms. The summed E-state index contributed by atoms with van der Waals surface area (Å²) in [5, 5.41) is 8.89. The quantitative estimate of drug-likeness (QED) is 0.393. The molecule has 174 valence electrons. The summed E-state index contributed by atoms with van der Waals surface area (Å²) < 4.78 is 56.5. The Hall–Kier alpha value is -3.99. The van der Waals surface area contributed by atoms with Crippen molar-refractivity contribution in [3.05, 3.63) is 84.2 Å². The second kappa shape index (κ2) is 9.48. The predicted molar refractivity (Wildman–Crippen MR) is 121 cm³/mol. The number of nitrogens with zero attached hydrogens (tertiary/aromatic N) is 3. The summed E-state index contributed by atoms with van der Waals surface area (Å²) in [4.78, 5) is 15.9. The van der Waals surface area contributed by atoms with E-state index in [-0.39, 0.29) is 23.3 Å². The maximum absolute atomic E-state index is 14.8. The van der Waals surface area contributed by atoms with Crippen LogP contribution in [0.1, 0.15) is 5.56 Å². The van der Waals surface area contributed by atoms with Crippen molar-refractivity contribution < 1.29 is 27.1 Å². The van der Waals surface area contributed by atoms with Crippen molar-refractivity contribution in [3.63, 3.8) is 0 Å². The fourth-order valence-electron chi connectivity index (χ4n) is 3.59. The first-order valence-electron chi connectivity index (χ1n) is 10.1. The number of hydrogen-bond donors (Lipinski definition) is 2. The van der Waals surface area contributed by atoms with Gasteiger partial charge in [-0.15, -0.1) is 5.11 Å². The summed E-state index contributed by atoms with van der Waals surface area (Å²) >= 11 is 0. The second-order valence-corrected chi connectivity index (χ2v) is 9.39. The predicted octanol–water partition coefficient (Wildman–Crippen LogP) is 2.57. The van der Waals surface area contributed by atoms with Gasteiger partial charge in [-0.1, -0.05) is 18.2 Å². The van der Waals surface area contributed by atoms with Gasteiger partial charge in [-0.2, -0.15) is 0 Å².